The van der Waals surface area contributed by atoms with Crippen molar-refractivity contribution in [2.75, 3.05) is 0 Å². The molecule has 0 bridgehead atoms. The van der Waals surface area contributed by atoms with Gasteiger partial charge in [0.15, 0.2) is 11.6 Å². The molecule has 1 aromatic carbocycles. The molecule has 0 fully saturated rings. The van der Waals surface area contributed by atoms with E-state index >= 15 is 0 Å². The summed E-state index contributed by atoms with van der Waals surface area (Å²) in [7, 11) is 0. The van der Waals surface area contributed by atoms with E-state index in [4.69, 9.17) is 14.0 Å². The molecule has 0 N–H and O–H groups in total. The molecule has 0 spiro atoms. The Labute approximate surface area is 140 Å². The van der Waals surface area contributed by atoms with Gasteiger partial charge in [-0.2, -0.15) is 0 Å². The Morgan fingerprint density at radius 2 is 1.41 bits per heavy atom. The third-order valence-corrected chi connectivity index (χ3v) is 2.98. The molecule has 0 aliphatic heterocycles. The van der Waals surface area contributed by atoms with Gasteiger partial charge < -0.3 is 0 Å². The SMILES string of the molecule is CC1CCCC(=O)c2ccccc2C1=O.[C-]#[O+].[C-]#[O+].[C-]#[O+].[Cr+6]. The minimum Gasteiger partial charge on any atom is 6.00 e. The van der Waals surface area contributed by atoms with Gasteiger partial charge in [-0.3, -0.25) is 9.59 Å². The number of benzene rings is 1. The molecular weight excluding hydrogens is 324 g/mol. The Kier molecular flexibility index (Phi) is 18.0. The Bertz CT molecular complexity index is 517. The fourth-order valence-electron chi connectivity index (χ4n) is 2.04. The first-order chi connectivity index (χ1) is 10.2. The minimum absolute atomic E-state index is 0. The van der Waals surface area contributed by atoms with Gasteiger partial charge in [0.1, 0.15) is 0 Å². The van der Waals surface area contributed by atoms with Crippen LogP contribution in [0.15, 0.2) is 24.3 Å². The van der Waals surface area contributed by atoms with E-state index in [0.29, 0.717) is 17.5 Å². The summed E-state index contributed by atoms with van der Waals surface area (Å²) >= 11 is 0. The van der Waals surface area contributed by atoms with Crippen LogP contribution in [-0.2, 0) is 31.3 Å². The number of fused-ring (bicyclic) bond motifs is 1. The topological polar surface area (TPSA) is 93.8 Å². The molecule has 108 valence electrons. The zero-order chi connectivity index (χ0) is 16.8. The molecule has 22 heavy (non-hydrogen) atoms. The molecular formula is C16H14CrO5+6. The van der Waals surface area contributed by atoms with E-state index in [0.717, 1.165) is 12.8 Å². The second-order valence-corrected chi connectivity index (χ2v) is 4.13. The molecule has 5 nitrogen and oxygen atoms in total. The second kappa shape index (κ2) is 15.7. The molecule has 0 saturated heterocycles. The van der Waals surface area contributed by atoms with E-state index in [-0.39, 0.29) is 34.8 Å². The van der Waals surface area contributed by atoms with Gasteiger partial charge in [-0.25, -0.2) is 0 Å². The molecule has 0 aromatic heterocycles. The van der Waals surface area contributed by atoms with E-state index in [1.54, 1.807) is 12.1 Å². The third-order valence-electron chi connectivity index (χ3n) is 2.98. The van der Waals surface area contributed by atoms with E-state index < -0.39 is 0 Å². The number of Topliss-reactive ketones (excluding diaryl/α,β-unsaturated/α-hetero) is 2. The van der Waals surface area contributed by atoms with Crippen molar-refractivity contribution in [3.63, 3.8) is 0 Å². The standard InChI is InChI=1S/C13H14O2.3CO.Cr/c1-9-5-4-8-12(14)10-6-2-3-7-11(10)13(9)15;3*1-2;/h2-3,6-7,9H,4-5,8H2,1H3;;;;/q;;;;+6. The van der Waals surface area contributed by atoms with Crippen LogP contribution in [0, 0.1) is 25.9 Å². The van der Waals surface area contributed by atoms with E-state index in [2.05, 4.69) is 20.0 Å². The molecule has 2 rings (SSSR count). The van der Waals surface area contributed by atoms with Gasteiger partial charge in [0.05, 0.1) is 0 Å². The number of ketones is 2. The maximum atomic E-state index is 12.0. The number of hydrogen-bond acceptors (Lipinski definition) is 2. The van der Waals surface area contributed by atoms with Crippen LogP contribution in [0.1, 0.15) is 46.9 Å². The van der Waals surface area contributed by atoms with Crippen molar-refractivity contribution in [2.24, 2.45) is 5.92 Å². The molecule has 1 aliphatic rings. The fraction of sp³-hybridized carbons (Fsp3) is 0.312. The van der Waals surface area contributed by atoms with Crippen LogP contribution in [0.5, 0.6) is 0 Å². The van der Waals surface area contributed by atoms with Crippen LogP contribution < -0.4 is 0 Å². The van der Waals surface area contributed by atoms with Crippen molar-refractivity contribution < 1.29 is 40.9 Å². The maximum absolute atomic E-state index is 12.0. The first-order valence-electron chi connectivity index (χ1n) is 5.98. The summed E-state index contributed by atoms with van der Waals surface area (Å²) in [6, 6.07) is 7.15. The fourth-order valence-corrected chi connectivity index (χ4v) is 2.04. The molecule has 1 atom stereocenters. The number of rotatable bonds is 0. The normalized spacial score (nSPS) is 15.1. The average Bonchev–Trinajstić information content (AvgIpc) is 2.58. The van der Waals surface area contributed by atoms with Gasteiger partial charge in [-0.15, -0.1) is 0 Å². The maximum Gasteiger partial charge on any atom is 6.00 e. The van der Waals surface area contributed by atoms with Crippen molar-refractivity contribution in [1.82, 2.24) is 0 Å². The average molecular weight is 338 g/mol. The summed E-state index contributed by atoms with van der Waals surface area (Å²) in [5, 5.41) is 0. The van der Waals surface area contributed by atoms with Crippen molar-refractivity contribution in [2.45, 2.75) is 26.2 Å². The predicted molar refractivity (Wildman–Crippen MR) is 69.9 cm³/mol. The van der Waals surface area contributed by atoms with Gasteiger partial charge in [0, 0.05) is 23.5 Å². The summed E-state index contributed by atoms with van der Waals surface area (Å²) in [5.41, 5.74) is 1.21. The first-order valence-corrected chi connectivity index (χ1v) is 5.98. The van der Waals surface area contributed by atoms with Crippen molar-refractivity contribution >= 4 is 11.6 Å². The summed E-state index contributed by atoms with van der Waals surface area (Å²) in [6.07, 6.45) is 2.20. The Hall–Kier alpha value is -1.69. The quantitative estimate of drug-likeness (QED) is 0.537. The van der Waals surface area contributed by atoms with Crippen molar-refractivity contribution in [3.8, 4) is 0 Å². The van der Waals surface area contributed by atoms with Crippen LogP contribution in [0.25, 0.3) is 0 Å². The van der Waals surface area contributed by atoms with Crippen LogP contribution in [0.4, 0.5) is 0 Å². The zero-order valence-electron chi connectivity index (χ0n) is 12.0. The van der Waals surface area contributed by atoms with Crippen molar-refractivity contribution in [3.05, 3.63) is 55.3 Å². The zero-order valence-corrected chi connectivity index (χ0v) is 13.2. The van der Waals surface area contributed by atoms with E-state index in [1.807, 2.05) is 19.1 Å². The molecule has 1 aliphatic carbocycles. The van der Waals surface area contributed by atoms with Crippen LogP contribution in [-0.4, -0.2) is 11.6 Å². The summed E-state index contributed by atoms with van der Waals surface area (Å²) < 4.78 is 22.5. The van der Waals surface area contributed by atoms with Crippen LogP contribution in [0.3, 0.4) is 0 Å². The minimum atomic E-state index is 0. The van der Waals surface area contributed by atoms with Gasteiger partial charge >= 0.3 is 51.3 Å². The van der Waals surface area contributed by atoms with Crippen LogP contribution in [0.2, 0.25) is 0 Å². The largest absolute Gasteiger partial charge is 6.00 e. The van der Waals surface area contributed by atoms with Gasteiger partial charge in [-0.1, -0.05) is 31.2 Å². The monoisotopic (exact) mass is 338 g/mol. The molecule has 1 aromatic rings. The summed E-state index contributed by atoms with van der Waals surface area (Å²) in [5.74, 6) is 0.253. The number of hydrogen-bond donors (Lipinski definition) is 0. The number of carbonyl (C=O) groups excluding carboxylic acids is 2. The third kappa shape index (κ3) is 7.36. The Morgan fingerprint density at radius 3 is 1.91 bits per heavy atom. The molecule has 0 saturated carbocycles. The molecule has 0 radical (unpaired) electrons. The van der Waals surface area contributed by atoms with Gasteiger partial charge in [0.25, 0.3) is 0 Å². The van der Waals surface area contributed by atoms with Crippen LogP contribution >= 0.6 is 0 Å². The Balaban J connectivity index is -0.000000463. The summed E-state index contributed by atoms with van der Waals surface area (Å²) in [4.78, 5) is 23.7. The van der Waals surface area contributed by atoms with Crippen molar-refractivity contribution in [1.29, 1.82) is 0 Å². The van der Waals surface area contributed by atoms with E-state index in [1.165, 1.54) is 0 Å². The summed E-state index contributed by atoms with van der Waals surface area (Å²) in [6.45, 7) is 15.4. The molecule has 0 heterocycles. The predicted octanol–water partition coefficient (Wildman–Crippen LogP) is 2.76. The number of carbonyl (C=O) groups is 2. The first kappa shape index (κ1) is 25.3. The molecule has 0 amide bonds. The van der Waals surface area contributed by atoms with E-state index in [9.17, 15) is 9.59 Å². The molecule has 6 heteroatoms. The van der Waals surface area contributed by atoms with Gasteiger partial charge in [-0.05, 0) is 12.8 Å². The molecule has 1 unspecified atom stereocenters. The second-order valence-electron chi connectivity index (χ2n) is 4.13. The Morgan fingerprint density at radius 1 is 0.955 bits per heavy atom. The van der Waals surface area contributed by atoms with Gasteiger partial charge in [0.2, 0.25) is 0 Å². The smallest absolute Gasteiger partial charge is 6.00 e.